The van der Waals surface area contributed by atoms with Crippen LogP contribution in [0.5, 0.6) is 0 Å². The first-order valence-electron chi connectivity index (χ1n) is 9.56. The predicted molar refractivity (Wildman–Crippen MR) is 114 cm³/mol. The summed E-state index contributed by atoms with van der Waals surface area (Å²) in [5.41, 5.74) is 1.83. The normalized spacial score (nSPS) is 12.1. The topological polar surface area (TPSA) is 93.2 Å². The number of amides is 1. The standard InChI is InChI=1S/C23H21N3O4/c1-14(27)24-13-20(15-8-4-3-5-9-15)30-23(29)18-12-17-16-10-6-7-11-19(16)26(2)21(17)22(28)25-18/h3-12,20H,13H2,1-2H3,(H,24,27)(H,25,28)/t20-/m0/s1. The van der Waals surface area contributed by atoms with Crippen molar-refractivity contribution in [2.75, 3.05) is 6.54 Å². The van der Waals surface area contributed by atoms with Gasteiger partial charge in [-0.25, -0.2) is 4.79 Å². The van der Waals surface area contributed by atoms with Crippen LogP contribution in [0.1, 0.15) is 29.1 Å². The Bertz CT molecular complexity index is 1300. The van der Waals surface area contributed by atoms with E-state index in [0.29, 0.717) is 10.9 Å². The van der Waals surface area contributed by atoms with Crippen molar-refractivity contribution in [1.82, 2.24) is 14.9 Å². The van der Waals surface area contributed by atoms with Gasteiger partial charge in [-0.3, -0.25) is 9.59 Å². The van der Waals surface area contributed by atoms with E-state index in [1.807, 2.05) is 66.2 Å². The Balaban J connectivity index is 1.72. The van der Waals surface area contributed by atoms with E-state index in [-0.39, 0.29) is 23.7 Å². The van der Waals surface area contributed by atoms with Gasteiger partial charge in [-0.2, -0.15) is 0 Å². The highest BCUT2D eigenvalue weighted by Crippen LogP contribution is 2.26. The minimum absolute atomic E-state index is 0.0626. The molecule has 2 aromatic carbocycles. The van der Waals surface area contributed by atoms with E-state index in [9.17, 15) is 14.4 Å². The van der Waals surface area contributed by atoms with Crippen molar-refractivity contribution in [1.29, 1.82) is 0 Å². The van der Waals surface area contributed by atoms with E-state index >= 15 is 0 Å². The molecule has 4 aromatic rings. The molecule has 1 amide bonds. The molecule has 0 unspecified atom stereocenters. The number of hydrogen-bond donors (Lipinski definition) is 2. The molecule has 0 aliphatic rings. The number of carbonyl (C=O) groups excluding carboxylic acids is 2. The summed E-state index contributed by atoms with van der Waals surface area (Å²) in [7, 11) is 1.82. The zero-order valence-corrected chi connectivity index (χ0v) is 16.6. The summed E-state index contributed by atoms with van der Waals surface area (Å²) in [4.78, 5) is 39.6. The van der Waals surface area contributed by atoms with E-state index in [2.05, 4.69) is 10.3 Å². The third-order valence-corrected chi connectivity index (χ3v) is 5.08. The van der Waals surface area contributed by atoms with Gasteiger partial charge in [0.15, 0.2) is 0 Å². The van der Waals surface area contributed by atoms with Crippen LogP contribution >= 0.6 is 0 Å². The molecule has 0 spiro atoms. The molecule has 0 fully saturated rings. The molecule has 7 heteroatoms. The Morgan fingerprint density at radius 2 is 1.77 bits per heavy atom. The Labute approximate surface area is 172 Å². The number of para-hydroxylation sites is 1. The second-order valence-electron chi connectivity index (χ2n) is 7.09. The molecule has 2 heterocycles. The second-order valence-corrected chi connectivity index (χ2v) is 7.09. The van der Waals surface area contributed by atoms with E-state index in [1.165, 1.54) is 6.92 Å². The van der Waals surface area contributed by atoms with Crippen molar-refractivity contribution in [2.24, 2.45) is 7.05 Å². The third kappa shape index (κ3) is 3.57. The van der Waals surface area contributed by atoms with Crippen molar-refractivity contribution in [3.63, 3.8) is 0 Å². The number of pyridine rings is 1. The Morgan fingerprint density at radius 1 is 1.07 bits per heavy atom. The van der Waals surface area contributed by atoms with Crippen molar-refractivity contribution >= 4 is 33.7 Å². The van der Waals surface area contributed by atoms with Crippen LogP contribution in [0.3, 0.4) is 0 Å². The molecular formula is C23H21N3O4. The van der Waals surface area contributed by atoms with E-state index in [1.54, 1.807) is 6.07 Å². The van der Waals surface area contributed by atoms with Crippen LogP contribution in [0, 0.1) is 0 Å². The number of nitrogens with zero attached hydrogens (tertiary/aromatic N) is 1. The number of fused-ring (bicyclic) bond motifs is 3. The van der Waals surface area contributed by atoms with Gasteiger partial charge < -0.3 is 19.6 Å². The summed E-state index contributed by atoms with van der Waals surface area (Å²) in [5.74, 6) is -0.890. The molecule has 4 rings (SSSR count). The first-order valence-corrected chi connectivity index (χ1v) is 9.56. The number of H-pyrrole nitrogens is 1. The summed E-state index contributed by atoms with van der Waals surface area (Å²) in [6.07, 6.45) is -0.686. The van der Waals surface area contributed by atoms with Gasteiger partial charge in [-0.05, 0) is 17.7 Å². The summed E-state index contributed by atoms with van der Waals surface area (Å²) in [5, 5.41) is 4.24. The summed E-state index contributed by atoms with van der Waals surface area (Å²) in [6, 6.07) is 18.4. The van der Waals surface area contributed by atoms with Gasteiger partial charge in [0.05, 0.1) is 6.54 Å². The van der Waals surface area contributed by atoms with Gasteiger partial charge in [0.25, 0.3) is 5.56 Å². The number of aromatic nitrogens is 2. The SMILES string of the molecule is CC(=O)NC[C@H](OC(=O)c1cc2c3ccccc3n(C)c2c(=O)[nH]1)c1ccccc1. The molecule has 30 heavy (non-hydrogen) atoms. The molecule has 152 valence electrons. The predicted octanol–water partition coefficient (Wildman–Crippen LogP) is 3.05. The fraction of sp³-hybridized carbons (Fsp3) is 0.174. The first-order chi connectivity index (χ1) is 14.5. The number of carbonyl (C=O) groups is 2. The molecule has 0 radical (unpaired) electrons. The highest BCUT2D eigenvalue weighted by Gasteiger charge is 2.21. The maximum absolute atomic E-state index is 12.9. The molecule has 0 saturated heterocycles. The smallest absolute Gasteiger partial charge is 0.355 e. The maximum Gasteiger partial charge on any atom is 0.355 e. The van der Waals surface area contributed by atoms with E-state index < -0.39 is 12.1 Å². The lowest BCUT2D eigenvalue weighted by Crippen LogP contribution is -2.29. The van der Waals surface area contributed by atoms with Crippen molar-refractivity contribution < 1.29 is 14.3 Å². The van der Waals surface area contributed by atoms with Gasteiger partial charge in [-0.15, -0.1) is 0 Å². The number of benzene rings is 2. The number of ether oxygens (including phenoxy) is 1. The average molecular weight is 403 g/mol. The summed E-state index contributed by atoms with van der Waals surface area (Å²) >= 11 is 0. The number of aryl methyl sites for hydroxylation is 1. The molecule has 0 saturated carbocycles. The fourth-order valence-corrected chi connectivity index (χ4v) is 3.64. The van der Waals surface area contributed by atoms with Crippen LogP contribution in [0.4, 0.5) is 0 Å². The Hall–Kier alpha value is -3.87. The molecule has 0 aliphatic carbocycles. The lowest BCUT2D eigenvalue weighted by Gasteiger charge is -2.18. The van der Waals surface area contributed by atoms with Crippen molar-refractivity contribution in [3.05, 3.63) is 82.3 Å². The zero-order valence-electron chi connectivity index (χ0n) is 16.6. The zero-order chi connectivity index (χ0) is 21.3. The van der Waals surface area contributed by atoms with Crippen LogP contribution in [0.2, 0.25) is 0 Å². The lowest BCUT2D eigenvalue weighted by molar-refractivity contribution is -0.119. The summed E-state index contributed by atoms with van der Waals surface area (Å²) < 4.78 is 7.47. The van der Waals surface area contributed by atoms with E-state index in [0.717, 1.165) is 16.5 Å². The lowest BCUT2D eigenvalue weighted by atomic mass is 10.1. The van der Waals surface area contributed by atoms with E-state index in [4.69, 9.17) is 4.74 Å². The first kappa shape index (κ1) is 19.4. The fourth-order valence-electron chi connectivity index (χ4n) is 3.64. The van der Waals surface area contributed by atoms with Crippen LogP contribution in [0.25, 0.3) is 21.8 Å². The number of aromatic amines is 1. The van der Waals surface area contributed by atoms with Gasteiger partial charge in [0.1, 0.15) is 17.3 Å². The van der Waals surface area contributed by atoms with Gasteiger partial charge in [-0.1, -0.05) is 48.5 Å². The highest BCUT2D eigenvalue weighted by atomic mass is 16.5. The van der Waals surface area contributed by atoms with Crippen LogP contribution in [-0.4, -0.2) is 28.0 Å². The molecule has 2 aromatic heterocycles. The molecule has 1 atom stereocenters. The molecule has 0 bridgehead atoms. The van der Waals surface area contributed by atoms with Gasteiger partial charge in [0, 0.05) is 30.3 Å². The minimum atomic E-state index is -0.686. The van der Waals surface area contributed by atoms with Gasteiger partial charge >= 0.3 is 5.97 Å². The maximum atomic E-state index is 12.9. The third-order valence-electron chi connectivity index (χ3n) is 5.08. The second kappa shape index (κ2) is 7.87. The quantitative estimate of drug-likeness (QED) is 0.501. The number of hydrogen-bond acceptors (Lipinski definition) is 4. The van der Waals surface area contributed by atoms with Crippen LogP contribution < -0.4 is 10.9 Å². The Kier molecular flexibility index (Phi) is 5.10. The van der Waals surface area contributed by atoms with Crippen molar-refractivity contribution in [2.45, 2.75) is 13.0 Å². The average Bonchev–Trinajstić information content (AvgIpc) is 3.04. The van der Waals surface area contributed by atoms with Crippen LogP contribution in [0.15, 0.2) is 65.5 Å². The Morgan fingerprint density at radius 3 is 2.50 bits per heavy atom. The summed E-state index contributed by atoms with van der Waals surface area (Å²) in [6.45, 7) is 1.53. The van der Waals surface area contributed by atoms with Gasteiger partial charge in [0.2, 0.25) is 5.91 Å². The largest absolute Gasteiger partial charge is 0.451 e. The molecule has 0 aliphatic heterocycles. The molecule has 7 nitrogen and oxygen atoms in total. The monoisotopic (exact) mass is 403 g/mol. The highest BCUT2D eigenvalue weighted by molar-refractivity contribution is 6.09. The minimum Gasteiger partial charge on any atom is -0.451 e. The molecular weight excluding hydrogens is 382 g/mol. The number of rotatable bonds is 5. The van der Waals surface area contributed by atoms with Crippen molar-refractivity contribution in [3.8, 4) is 0 Å². The molecule has 2 N–H and O–H groups in total. The number of esters is 1. The van der Waals surface area contributed by atoms with Crippen LogP contribution in [-0.2, 0) is 16.6 Å². The number of nitrogens with one attached hydrogen (secondary N) is 2.